The van der Waals surface area contributed by atoms with E-state index in [9.17, 15) is 24.6 Å². The van der Waals surface area contributed by atoms with E-state index in [4.69, 9.17) is 41.1 Å². The molecule has 4 aromatic carbocycles. The van der Waals surface area contributed by atoms with Crippen LogP contribution in [0.25, 0.3) is 55.4 Å². The zero-order valence-corrected chi connectivity index (χ0v) is 43.8. The Morgan fingerprint density at radius 2 is 1.11 bits per heavy atom. The lowest BCUT2D eigenvalue weighted by Gasteiger charge is -2.31. The number of rotatable bonds is 14. The number of carboxylic acids is 1. The van der Waals surface area contributed by atoms with E-state index in [0.717, 1.165) is 33.4 Å². The monoisotopic (exact) mass is 1020 g/mol. The van der Waals surface area contributed by atoms with Gasteiger partial charge in [-0.25, -0.2) is 19.3 Å². The predicted octanol–water partition coefficient (Wildman–Crippen LogP) is 12.0. The summed E-state index contributed by atoms with van der Waals surface area (Å²) in [6.45, 7) is 32.8. The van der Waals surface area contributed by atoms with Gasteiger partial charge in [0.05, 0.1) is 44.0 Å². The lowest BCUT2D eigenvalue weighted by molar-refractivity contribution is -0.138. The zero-order chi connectivity index (χ0) is 54.4. The average molecular weight is 1020 g/mol. The first-order valence-corrected chi connectivity index (χ1v) is 24.7. The SMILES string of the molecule is [C-]#[N+]c1cc(-c2nc(-c3cccc4c3CC[C@H]4N(CC(=O)O)C(=O)OC(C)(C)C)no2)ccc1OC(C)C.[C-]#[N+]c1cc(-c2nc(-c3cccc4c3CC[C@H]4N(CCO)C(=O)OC(C)(C)C)no2)ccc1OC(C)C. The van der Waals surface area contributed by atoms with Crippen molar-refractivity contribution in [2.75, 3.05) is 19.7 Å². The van der Waals surface area contributed by atoms with Crippen LogP contribution >= 0.6 is 0 Å². The van der Waals surface area contributed by atoms with E-state index in [0.29, 0.717) is 77.2 Å². The second-order valence-corrected chi connectivity index (χ2v) is 20.5. The maximum Gasteiger partial charge on any atom is 0.411 e. The van der Waals surface area contributed by atoms with Crippen molar-refractivity contribution in [1.82, 2.24) is 30.1 Å². The molecule has 2 atom stereocenters. The summed E-state index contributed by atoms with van der Waals surface area (Å²) in [5.41, 5.74) is 5.88. The minimum atomic E-state index is -1.12. The van der Waals surface area contributed by atoms with Crippen molar-refractivity contribution >= 4 is 29.5 Å². The van der Waals surface area contributed by atoms with E-state index >= 15 is 0 Å². The second-order valence-electron chi connectivity index (χ2n) is 20.5. The largest absolute Gasteiger partial charge is 0.502 e. The van der Waals surface area contributed by atoms with Crippen molar-refractivity contribution in [3.63, 3.8) is 0 Å². The quantitative estimate of drug-likeness (QED) is 0.0969. The summed E-state index contributed by atoms with van der Waals surface area (Å²) in [5.74, 6) is 1.25. The van der Waals surface area contributed by atoms with Gasteiger partial charge in [-0.2, -0.15) is 9.97 Å². The number of aliphatic hydroxyl groups is 1. The normalized spacial score (nSPS) is 14.7. The molecule has 2 aromatic heterocycles. The first-order chi connectivity index (χ1) is 35.6. The molecule has 75 heavy (non-hydrogen) atoms. The molecule has 2 N–H and O–H groups in total. The smallest absolute Gasteiger partial charge is 0.411 e. The molecule has 2 aliphatic carbocycles. The molecule has 19 heteroatoms. The molecule has 2 aliphatic rings. The van der Waals surface area contributed by atoms with Gasteiger partial charge in [0.25, 0.3) is 11.8 Å². The highest BCUT2D eigenvalue weighted by atomic mass is 16.6. The number of hydrogen-bond acceptors (Lipinski definition) is 14. The zero-order valence-electron chi connectivity index (χ0n) is 43.8. The summed E-state index contributed by atoms with van der Waals surface area (Å²) in [7, 11) is 0. The van der Waals surface area contributed by atoms with Gasteiger partial charge in [0.2, 0.25) is 23.0 Å². The van der Waals surface area contributed by atoms with Crippen LogP contribution in [0, 0.1) is 13.1 Å². The highest BCUT2D eigenvalue weighted by Crippen LogP contribution is 2.43. The number of benzene rings is 4. The van der Waals surface area contributed by atoms with E-state index in [1.54, 1.807) is 62.1 Å². The lowest BCUT2D eigenvalue weighted by Crippen LogP contribution is -2.41. The summed E-state index contributed by atoms with van der Waals surface area (Å²) in [5, 5.41) is 27.5. The number of aromatic nitrogens is 4. The van der Waals surface area contributed by atoms with Crippen LogP contribution in [-0.4, -0.2) is 102 Å². The summed E-state index contributed by atoms with van der Waals surface area (Å²) >= 11 is 0. The minimum Gasteiger partial charge on any atom is -0.502 e. The summed E-state index contributed by atoms with van der Waals surface area (Å²) in [4.78, 5) is 56.6. The van der Waals surface area contributed by atoms with E-state index in [1.807, 2.05) is 84.9 Å². The molecule has 2 heterocycles. The van der Waals surface area contributed by atoms with Crippen LogP contribution in [-0.2, 0) is 27.1 Å². The van der Waals surface area contributed by atoms with Gasteiger partial charge in [0.15, 0.2) is 0 Å². The third kappa shape index (κ3) is 13.1. The maximum absolute atomic E-state index is 12.9. The molecular formula is C56H62N8O11. The van der Waals surface area contributed by atoms with Gasteiger partial charge in [0, 0.05) is 28.8 Å². The molecule has 0 saturated heterocycles. The van der Waals surface area contributed by atoms with Gasteiger partial charge in [-0.3, -0.25) is 14.6 Å². The number of aliphatic carboxylic acids is 1. The van der Waals surface area contributed by atoms with Crippen molar-refractivity contribution in [1.29, 1.82) is 0 Å². The Hall–Kier alpha value is -8.29. The first-order valence-electron chi connectivity index (χ1n) is 24.7. The van der Waals surface area contributed by atoms with E-state index < -0.39 is 41.9 Å². The maximum atomic E-state index is 12.9. The van der Waals surface area contributed by atoms with Gasteiger partial charge < -0.3 is 38.2 Å². The Balaban J connectivity index is 0.000000219. The number of carboxylic acid groups (broad SMARTS) is 1. The number of carbonyl (C=O) groups excluding carboxylic acids is 2. The van der Waals surface area contributed by atoms with E-state index in [-0.39, 0.29) is 37.3 Å². The molecule has 0 radical (unpaired) electrons. The summed E-state index contributed by atoms with van der Waals surface area (Å²) in [6, 6.07) is 21.1. The molecule has 0 saturated carbocycles. The Morgan fingerprint density at radius 3 is 1.49 bits per heavy atom. The van der Waals surface area contributed by atoms with Crippen LogP contribution in [0.1, 0.15) is 116 Å². The van der Waals surface area contributed by atoms with Crippen molar-refractivity contribution in [2.45, 2.75) is 130 Å². The molecule has 8 rings (SSSR count). The number of nitrogens with zero attached hydrogens (tertiary/aromatic N) is 8. The predicted molar refractivity (Wildman–Crippen MR) is 277 cm³/mol. The fourth-order valence-electron chi connectivity index (χ4n) is 8.99. The summed E-state index contributed by atoms with van der Waals surface area (Å²) < 4.78 is 33.6. The Bertz CT molecular complexity index is 3130. The van der Waals surface area contributed by atoms with Crippen LogP contribution in [0.3, 0.4) is 0 Å². The molecular weight excluding hydrogens is 961 g/mol. The average Bonchev–Trinajstić information content (AvgIpc) is 4.19. The molecule has 0 aliphatic heterocycles. The third-order valence-corrected chi connectivity index (χ3v) is 11.8. The minimum absolute atomic E-state index is 0.0472. The number of fused-ring (bicyclic) bond motifs is 2. The molecule has 19 nitrogen and oxygen atoms in total. The van der Waals surface area contributed by atoms with Gasteiger partial charge in [-0.15, -0.1) is 0 Å². The fourth-order valence-corrected chi connectivity index (χ4v) is 8.99. The number of carbonyl (C=O) groups is 3. The molecule has 0 spiro atoms. The van der Waals surface area contributed by atoms with Crippen LogP contribution in [0.15, 0.2) is 81.8 Å². The van der Waals surface area contributed by atoms with Gasteiger partial charge >= 0.3 is 18.2 Å². The van der Waals surface area contributed by atoms with E-state index in [1.165, 1.54) is 4.90 Å². The Kier molecular flexibility index (Phi) is 16.6. The highest BCUT2D eigenvalue weighted by Gasteiger charge is 2.38. The van der Waals surface area contributed by atoms with Crippen LogP contribution in [0.4, 0.5) is 21.0 Å². The van der Waals surface area contributed by atoms with Crippen molar-refractivity contribution in [3.8, 4) is 57.2 Å². The second kappa shape index (κ2) is 22.9. The van der Waals surface area contributed by atoms with Crippen LogP contribution in [0.2, 0.25) is 0 Å². The lowest BCUT2D eigenvalue weighted by atomic mass is 10.0. The molecule has 0 fully saturated rings. The number of amides is 2. The van der Waals surface area contributed by atoms with Gasteiger partial charge in [-0.05, 0) is 154 Å². The van der Waals surface area contributed by atoms with Crippen molar-refractivity contribution in [3.05, 3.63) is 118 Å². The van der Waals surface area contributed by atoms with Crippen molar-refractivity contribution < 1.29 is 52.6 Å². The fraction of sp³-hybridized carbons (Fsp3) is 0.411. The molecule has 2 amide bonds. The van der Waals surface area contributed by atoms with Crippen LogP contribution in [0.5, 0.6) is 11.5 Å². The number of aliphatic hydroxyl groups excluding tert-OH is 1. The molecule has 0 bridgehead atoms. The molecule has 6 aromatic rings. The highest BCUT2D eigenvalue weighted by molar-refractivity contribution is 5.78. The first kappa shape index (κ1) is 54.5. The third-order valence-electron chi connectivity index (χ3n) is 11.8. The number of ether oxygens (including phenoxy) is 4. The number of hydrogen-bond donors (Lipinski definition) is 2. The molecule has 0 unspecified atom stereocenters. The van der Waals surface area contributed by atoms with Gasteiger partial charge in [0.1, 0.15) is 29.2 Å². The van der Waals surface area contributed by atoms with E-state index in [2.05, 4.69) is 30.0 Å². The van der Waals surface area contributed by atoms with Crippen LogP contribution < -0.4 is 9.47 Å². The Labute approximate surface area is 436 Å². The topological polar surface area (TPSA) is 222 Å². The van der Waals surface area contributed by atoms with Gasteiger partial charge in [-0.1, -0.05) is 46.7 Å². The standard InChI is InChI=1S/C28H30N4O6.C28H32N4O5/c1-16(2)36-23-13-10-17(14-21(23)29-6)26-30-25(31-38-26)20-9-7-8-19-18(20)11-12-22(19)32(15-24(33)34)27(35)37-28(3,4)5;1-17(2)35-24-13-10-18(16-22(24)29-6)26-30-25(31-37-26)21-9-7-8-20-19(21)11-12-23(20)32(14-15-33)27(34)36-28(3,4)5/h7-10,13-14,16,22H,11-12,15H2,1-5H3,(H,33,34);7-10,13,16-17,23,33H,11-12,14-15H2,1-5H3/t22-;23-/m11/s1. The Morgan fingerprint density at radius 1 is 0.680 bits per heavy atom. The summed E-state index contributed by atoms with van der Waals surface area (Å²) in [6.07, 6.45) is 1.31. The van der Waals surface area contributed by atoms with Crippen molar-refractivity contribution in [2.24, 2.45) is 0 Å². The molecule has 392 valence electrons.